The Morgan fingerprint density at radius 3 is 1.09 bits per heavy atom. The van der Waals surface area contributed by atoms with Crippen LogP contribution in [0, 0.1) is 0 Å². The van der Waals surface area contributed by atoms with E-state index in [-0.39, 0.29) is 100.0 Å². The molecule has 99 heavy (non-hydrogen) atoms. The number of phenolic OH excluding ortho intramolecular Hbond substituents is 1. The van der Waals surface area contributed by atoms with E-state index in [0.29, 0.717) is 32.2 Å². The molecule has 6 aliphatic rings. The largest absolute Gasteiger partial charge is 0.508 e. The fourth-order valence-electron chi connectivity index (χ4n) is 10.3. The molecule has 3 aromatic carbocycles. The van der Waals surface area contributed by atoms with Gasteiger partial charge < -0.3 is 120 Å². The number of aromatic hydroxyl groups is 1. The monoisotopic (exact) mass is 1390 g/mol. The number of carbonyl (C=O) groups excluding carboxylic acids is 6. The zero-order valence-electron chi connectivity index (χ0n) is 53.1. The molecule has 37 heteroatoms. The van der Waals surface area contributed by atoms with Crippen LogP contribution in [0.3, 0.4) is 0 Å². The topological polar surface area (TPSA) is 607 Å². The quantitative estimate of drug-likeness (QED) is 0.0346. The van der Waals surface area contributed by atoms with Gasteiger partial charge in [0.2, 0.25) is 35.4 Å². The Morgan fingerprint density at radius 1 is 0.384 bits per heavy atom. The number of nitrogens with two attached hydrogens (primary N) is 1. The van der Waals surface area contributed by atoms with Gasteiger partial charge in [-0.25, -0.2) is 28.8 Å². The van der Waals surface area contributed by atoms with E-state index in [9.17, 15) is 67.1 Å². The summed E-state index contributed by atoms with van der Waals surface area (Å²) in [4.78, 5) is 157. The molecule has 37 nitrogen and oxygen atoms in total. The maximum Gasteiger partial charge on any atom is 0.327 e. The number of aromatic amines is 1. The molecule has 0 saturated carbocycles. The number of carbonyl (C=O) groups is 14. The summed E-state index contributed by atoms with van der Waals surface area (Å²) < 4.78 is 0. The molecule has 6 aliphatic heterocycles. The van der Waals surface area contributed by atoms with Gasteiger partial charge in [-0.3, -0.25) is 38.4 Å². The Labute approximate surface area is 563 Å². The van der Waals surface area contributed by atoms with Gasteiger partial charge in [-0.05, 0) is 80.0 Å². The first kappa shape index (κ1) is 79.0. The van der Waals surface area contributed by atoms with E-state index in [1.54, 1.807) is 24.3 Å². The maximum absolute atomic E-state index is 11.9. The number of aromatic nitrogens is 1. The lowest BCUT2D eigenvalue weighted by Gasteiger charge is -2.28. The summed E-state index contributed by atoms with van der Waals surface area (Å²) >= 11 is 0. The number of para-hydroxylation sites is 1. The zero-order chi connectivity index (χ0) is 72.9. The summed E-state index contributed by atoms with van der Waals surface area (Å²) in [6, 6.07) is 15.9. The Bertz CT molecular complexity index is 3490. The highest BCUT2D eigenvalue weighted by atomic mass is 16.4. The van der Waals surface area contributed by atoms with Gasteiger partial charge in [0.25, 0.3) is 0 Å². The van der Waals surface area contributed by atoms with Crippen LogP contribution < -0.4 is 69.5 Å². The van der Waals surface area contributed by atoms with Crippen molar-refractivity contribution in [3.63, 3.8) is 0 Å². The lowest BCUT2D eigenvalue weighted by Crippen LogP contribution is -2.61. The molecule has 0 bridgehead atoms. The number of hydrogen-bond acceptors (Lipinski definition) is 22. The van der Waals surface area contributed by atoms with Crippen molar-refractivity contribution >= 4 is 94.1 Å². The number of amides is 6. The van der Waals surface area contributed by atoms with Crippen molar-refractivity contribution in [3.05, 3.63) is 102 Å². The average Bonchev–Trinajstić information content (AvgIpc) is 1.71. The second kappa shape index (κ2) is 39.5. The predicted molar refractivity (Wildman–Crippen MR) is 344 cm³/mol. The van der Waals surface area contributed by atoms with Gasteiger partial charge in [-0.2, -0.15) is 0 Å². The second-order valence-electron chi connectivity index (χ2n) is 23.1. The van der Waals surface area contributed by atoms with E-state index in [2.05, 4.69) is 68.8 Å². The van der Waals surface area contributed by atoms with Crippen LogP contribution in [-0.4, -0.2) is 252 Å². The number of carboxylic acids is 8. The summed E-state index contributed by atoms with van der Waals surface area (Å²) in [5.41, 5.74) is 9.36. The van der Waals surface area contributed by atoms with Crippen molar-refractivity contribution in [1.82, 2.24) is 68.8 Å². The lowest BCUT2D eigenvalue weighted by molar-refractivity contribution is -0.145. The average molecular weight is 1390 g/mol. The van der Waals surface area contributed by atoms with Crippen LogP contribution in [-0.2, 0) is 86.4 Å². The van der Waals surface area contributed by atoms with Crippen LogP contribution in [0.4, 0.5) is 0 Å². The SMILES string of the molecule is NCCCCC1NCC(C(=O)O)NC1=O.O=C(O)C1CNC(Cc2c[nH]c3ccccc23)C(=O)N1.O=C(O)C1CNC(Cc2ccc(O)cc2)C(=O)N1.O=C(O)C1CNC(Cc2ccccc2)C(=O)N1.O=C(O)CC1NCC(C(=O)O)NC1=O.O=C(O)CCC1NCC(C(=O)O)NC1=O. The third-order valence-electron chi connectivity index (χ3n) is 15.7. The molecule has 0 spiro atoms. The summed E-state index contributed by atoms with van der Waals surface area (Å²) in [5, 5.41) is 111. The minimum Gasteiger partial charge on any atom is -0.508 e. The molecule has 6 amide bonds. The molecular formula is C62H82N14O23. The molecule has 1 aromatic heterocycles. The Morgan fingerprint density at radius 2 is 0.727 bits per heavy atom. The number of phenols is 1. The fourth-order valence-corrected chi connectivity index (χ4v) is 10.3. The summed E-state index contributed by atoms with van der Waals surface area (Å²) in [7, 11) is 0. The maximum atomic E-state index is 11.9. The van der Waals surface area contributed by atoms with E-state index in [0.717, 1.165) is 40.4 Å². The van der Waals surface area contributed by atoms with E-state index in [1.165, 1.54) is 0 Å². The number of hydrogen-bond donors (Lipinski definition) is 23. The fraction of sp³-hybridized carbons (Fsp3) is 0.452. The van der Waals surface area contributed by atoms with Gasteiger partial charge in [0, 0.05) is 62.8 Å². The van der Waals surface area contributed by atoms with Crippen LogP contribution in [0.1, 0.15) is 55.2 Å². The molecule has 6 saturated heterocycles. The minimum absolute atomic E-state index is 0.0407. The molecule has 12 atom stereocenters. The first-order valence-corrected chi connectivity index (χ1v) is 31.1. The van der Waals surface area contributed by atoms with Gasteiger partial charge in [-0.1, -0.05) is 67.1 Å². The highest BCUT2D eigenvalue weighted by molar-refractivity contribution is 5.93. The van der Waals surface area contributed by atoms with E-state index >= 15 is 0 Å². The van der Waals surface area contributed by atoms with Gasteiger partial charge in [0.15, 0.2) is 0 Å². The first-order valence-electron chi connectivity index (χ1n) is 31.1. The Hall–Kier alpha value is -10.7. The summed E-state index contributed by atoms with van der Waals surface area (Å²) in [5.74, 6) is -10.4. The third-order valence-corrected chi connectivity index (χ3v) is 15.7. The number of unbranched alkanes of at least 4 members (excludes halogenated alkanes) is 1. The van der Waals surface area contributed by atoms with Crippen LogP contribution in [0.2, 0.25) is 0 Å². The normalized spacial score (nSPS) is 24.6. The zero-order valence-corrected chi connectivity index (χ0v) is 53.1. The van der Waals surface area contributed by atoms with Crippen molar-refractivity contribution < 1.29 is 113 Å². The van der Waals surface area contributed by atoms with Crippen LogP contribution in [0.25, 0.3) is 10.9 Å². The first-order chi connectivity index (χ1) is 47.0. The smallest absolute Gasteiger partial charge is 0.327 e. The van der Waals surface area contributed by atoms with Gasteiger partial charge in [0.1, 0.15) is 42.0 Å². The van der Waals surface area contributed by atoms with Gasteiger partial charge in [-0.15, -0.1) is 0 Å². The number of piperazine rings is 6. The van der Waals surface area contributed by atoms with Gasteiger partial charge >= 0.3 is 47.8 Å². The number of carboxylic acid groups (broad SMARTS) is 8. The number of rotatable bonds is 21. The van der Waals surface area contributed by atoms with Crippen molar-refractivity contribution in [3.8, 4) is 5.75 Å². The van der Waals surface area contributed by atoms with E-state index in [1.807, 2.05) is 60.8 Å². The minimum atomic E-state index is -1.14. The lowest BCUT2D eigenvalue weighted by atomic mass is 10.0. The summed E-state index contributed by atoms with van der Waals surface area (Å²) in [6.07, 6.45) is 5.60. The van der Waals surface area contributed by atoms with E-state index < -0.39 is 120 Å². The highest BCUT2D eigenvalue weighted by Crippen LogP contribution is 2.20. The van der Waals surface area contributed by atoms with Crippen molar-refractivity contribution in [2.24, 2.45) is 5.73 Å². The van der Waals surface area contributed by atoms with Crippen molar-refractivity contribution in [2.45, 2.75) is 130 Å². The Balaban J connectivity index is 0.000000215. The molecule has 0 aliphatic carbocycles. The number of benzene rings is 3. The Kier molecular flexibility index (Phi) is 31.5. The number of aliphatic carboxylic acids is 8. The molecule has 538 valence electrons. The molecule has 0 radical (unpaired) electrons. The number of fused-ring (bicyclic) bond motifs is 1. The predicted octanol–water partition coefficient (Wildman–Crippen LogP) is -5.45. The summed E-state index contributed by atoms with van der Waals surface area (Å²) in [6.45, 7) is 1.78. The van der Waals surface area contributed by atoms with Crippen molar-refractivity contribution in [2.75, 3.05) is 45.8 Å². The molecule has 24 N–H and O–H groups in total. The molecule has 12 unspecified atom stereocenters. The van der Waals surface area contributed by atoms with Crippen LogP contribution >= 0.6 is 0 Å². The molecule has 7 heterocycles. The second-order valence-corrected chi connectivity index (χ2v) is 23.1. The highest BCUT2D eigenvalue weighted by Gasteiger charge is 2.37. The van der Waals surface area contributed by atoms with Crippen LogP contribution in [0.15, 0.2) is 85.1 Å². The molecule has 4 aromatic rings. The number of H-pyrrole nitrogens is 1. The van der Waals surface area contributed by atoms with Gasteiger partial charge in [0.05, 0.1) is 42.7 Å². The molecular weight excluding hydrogens is 1310 g/mol. The van der Waals surface area contributed by atoms with Crippen molar-refractivity contribution in [1.29, 1.82) is 0 Å². The number of nitrogens with one attached hydrogen (secondary N) is 13. The van der Waals surface area contributed by atoms with E-state index in [4.69, 9.17) is 51.7 Å². The molecule has 6 fully saturated rings. The third kappa shape index (κ3) is 26.3. The molecule has 10 rings (SSSR count). The van der Waals surface area contributed by atoms with Crippen LogP contribution in [0.5, 0.6) is 5.75 Å². The standard InChI is InChI=1S/C14H15N3O3.C12H14N2O4.C12H14N2O3.C9H17N3O3.C8H12N2O5.C7H10N2O5/c18-13-11(16-7-12(17-13)14(19)20)5-8-6-15-10-4-2-1-3-9(8)10;15-8-3-1-7(2-4-8)5-9-11(16)14-10(6-13-9)12(17)18;15-11-9(6-8-4-2-1-3-5-8)13-7-10(14-11)12(16)17;10-4-2-1-3-6-8(13)12-7(5-11-6)9(14)15;11-6(12)2-1-4-7(13)10-5(3-9-4)8(14)15;10-5(11)1-3-6(12)9-4(2-8-3)7(13)14/h1-4,6,11-12,15-16H,5,7H2,(H,17,18)(H,19,20);1-4,9-10,13,15H,5-6H2,(H,14,16)(H,17,18);1-5,9-10,13H,6-7H2,(H,14,15)(H,16,17);6-7,11H,1-5,10H2,(H,12,13)(H,14,15);4-5,9H,1-3H2,(H,10,13)(H,11,12)(H,14,15);3-4,8H,1-2H2,(H,9,12)(H,10,11)(H,13,14).